The fraction of sp³-hybridized carbons (Fsp3) is 0.524. The van der Waals surface area contributed by atoms with Gasteiger partial charge in [0.05, 0.1) is 0 Å². The molecule has 0 unspecified atom stereocenters. The zero-order chi connectivity index (χ0) is 21.1. The van der Waals surface area contributed by atoms with Crippen molar-refractivity contribution in [2.24, 2.45) is 0 Å². The van der Waals surface area contributed by atoms with E-state index >= 15 is 0 Å². The smallest absolute Gasteiger partial charge is 0.326 e. The molecule has 2 rings (SSSR count). The van der Waals surface area contributed by atoms with Crippen LogP contribution in [0, 0.1) is 20.8 Å². The molecule has 7 heteroatoms. The molecule has 1 saturated heterocycles. The Morgan fingerprint density at radius 1 is 1.11 bits per heavy atom. The monoisotopic (exact) mass is 388 g/mol. The van der Waals surface area contributed by atoms with E-state index in [-0.39, 0.29) is 5.78 Å². The SMILES string of the molecule is CCCC[C@@]1(C)NC(=O)N(CC(=O)OCC(=O)c2cc(C)c(C)cc2C)C1=O. The number of aryl methyl sites for hydroxylation is 3. The molecule has 1 aromatic rings. The van der Waals surface area contributed by atoms with Crippen LogP contribution in [0.25, 0.3) is 0 Å². The Bertz CT molecular complexity index is 817. The van der Waals surface area contributed by atoms with Crippen LogP contribution in [0.2, 0.25) is 0 Å². The Balaban J connectivity index is 1.96. The summed E-state index contributed by atoms with van der Waals surface area (Å²) in [5.74, 6) is -1.56. The van der Waals surface area contributed by atoms with E-state index < -0.39 is 36.6 Å². The third kappa shape index (κ3) is 4.58. The lowest BCUT2D eigenvalue weighted by molar-refractivity contribution is -0.146. The van der Waals surface area contributed by atoms with Gasteiger partial charge in [0.15, 0.2) is 6.61 Å². The number of carbonyl (C=O) groups excluding carboxylic acids is 4. The van der Waals surface area contributed by atoms with Gasteiger partial charge in [0, 0.05) is 5.56 Å². The number of Topliss-reactive ketones (excluding diaryl/α,β-unsaturated/α-hetero) is 1. The van der Waals surface area contributed by atoms with E-state index in [1.807, 2.05) is 33.8 Å². The molecule has 0 aliphatic carbocycles. The lowest BCUT2D eigenvalue weighted by Crippen LogP contribution is -2.44. The topological polar surface area (TPSA) is 92.8 Å². The number of nitrogens with one attached hydrogen (secondary N) is 1. The zero-order valence-electron chi connectivity index (χ0n) is 17.2. The molecule has 28 heavy (non-hydrogen) atoms. The molecule has 1 N–H and O–H groups in total. The van der Waals surface area contributed by atoms with Crippen LogP contribution in [0.4, 0.5) is 4.79 Å². The van der Waals surface area contributed by atoms with Gasteiger partial charge in [-0.25, -0.2) is 4.79 Å². The standard InChI is InChI=1S/C21H28N2O5/c1-6-7-8-21(5)19(26)23(20(27)22-21)11-18(25)28-12-17(24)16-10-14(3)13(2)9-15(16)4/h9-10H,6-8,11-12H2,1-5H3,(H,22,27)/t21-/m1/s1. The minimum atomic E-state index is -1.00. The molecular weight excluding hydrogens is 360 g/mol. The molecule has 152 valence electrons. The molecule has 3 amide bonds. The summed E-state index contributed by atoms with van der Waals surface area (Å²) in [4.78, 5) is 50.0. The quantitative estimate of drug-likeness (QED) is 0.420. The van der Waals surface area contributed by atoms with Crippen LogP contribution in [-0.4, -0.2) is 47.3 Å². The van der Waals surface area contributed by atoms with Crippen molar-refractivity contribution in [2.75, 3.05) is 13.2 Å². The predicted molar refractivity (Wildman–Crippen MR) is 104 cm³/mol. The van der Waals surface area contributed by atoms with E-state index in [1.165, 1.54) is 0 Å². The summed E-state index contributed by atoms with van der Waals surface area (Å²) < 4.78 is 5.03. The summed E-state index contributed by atoms with van der Waals surface area (Å²) in [7, 11) is 0. The molecule has 7 nitrogen and oxygen atoms in total. The number of carbonyl (C=O) groups is 4. The normalized spacial score (nSPS) is 19.0. The highest BCUT2D eigenvalue weighted by molar-refractivity contribution is 6.08. The zero-order valence-corrected chi connectivity index (χ0v) is 17.2. The van der Waals surface area contributed by atoms with Crippen molar-refractivity contribution in [3.8, 4) is 0 Å². The highest BCUT2D eigenvalue weighted by Crippen LogP contribution is 2.23. The van der Waals surface area contributed by atoms with Crippen molar-refractivity contribution < 1.29 is 23.9 Å². The average molecular weight is 388 g/mol. The van der Waals surface area contributed by atoms with Crippen molar-refractivity contribution in [3.63, 3.8) is 0 Å². The van der Waals surface area contributed by atoms with Crippen LogP contribution in [0.5, 0.6) is 0 Å². The van der Waals surface area contributed by atoms with Gasteiger partial charge in [-0.3, -0.25) is 19.3 Å². The first-order valence-electron chi connectivity index (χ1n) is 9.50. The molecule has 0 aromatic heterocycles. The Hall–Kier alpha value is -2.70. The van der Waals surface area contributed by atoms with Crippen LogP contribution >= 0.6 is 0 Å². The Morgan fingerprint density at radius 2 is 1.75 bits per heavy atom. The number of hydrogen-bond acceptors (Lipinski definition) is 5. The summed E-state index contributed by atoms with van der Waals surface area (Å²) in [6.07, 6.45) is 2.18. The average Bonchev–Trinajstić information content (AvgIpc) is 2.84. The number of nitrogens with zero attached hydrogens (tertiary/aromatic N) is 1. The van der Waals surface area contributed by atoms with Gasteiger partial charge < -0.3 is 10.1 Å². The Morgan fingerprint density at radius 3 is 2.39 bits per heavy atom. The predicted octanol–water partition coefficient (Wildman–Crippen LogP) is 2.84. The van der Waals surface area contributed by atoms with Crippen molar-refractivity contribution in [1.29, 1.82) is 0 Å². The number of hydrogen-bond donors (Lipinski definition) is 1. The summed E-state index contributed by atoms with van der Waals surface area (Å²) >= 11 is 0. The van der Waals surface area contributed by atoms with Crippen molar-refractivity contribution in [1.82, 2.24) is 10.2 Å². The Kier molecular flexibility index (Phi) is 6.59. The molecule has 1 aromatic carbocycles. The second-order valence-electron chi connectivity index (χ2n) is 7.59. The molecule has 0 radical (unpaired) electrons. The summed E-state index contributed by atoms with van der Waals surface area (Å²) in [5, 5.41) is 2.64. The van der Waals surface area contributed by atoms with Crippen LogP contribution in [0.3, 0.4) is 0 Å². The summed E-state index contributed by atoms with van der Waals surface area (Å²) in [6.45, 7) is 8.40. The lowest BCUT2D eigenvalue weighted by Gasteiger charge is -2.21. The number of rotatable bonds is 8. The van der Waals surface area contributed by atoms with Gasteiger partial charge in [0.2, 0.25) is 5.78 Å². The molecule has 1 heterocycles. The fourth-order valence-corrected chi connectivity index (χ4v) is 3.25. The Labute approximate surface area is 165 Å². The van der Waals surface area contributed by atoms with Gasteiger partial charge in [0.1, 0.15) is 12.1 Å². The number of amides is 3. The van der Waals surface area contributed by atoms with Crippen molar-refractivity contribution >= 4 is 23.7 Å². The van der Waals surface area contributed by atoms with E-state index in [0.29, 0.717) is 12.0 Å². The second kappa shape index (κ2) is 8.54. The molecule has 1 aliphatic heterocycles. The molecule has 1 aliphatic rings. The van der Waals surface area contributed by atoms with Crippen LogP contribution in [-0.2, 0) is 14.3 Å². The highest BCUT2D eigenvalue weighted by atomic mass is 16.5. The summed E-state index contributed by atoms with van der Waals surface area (Å²) in [5.41, 5.74) is 2.37. The van der Waals surface area contributed by atoms with Gasteiger partial charge >= 0.3 is 12.0 Å². The number of benzene rings is 1. The first-order chi connectivity index (χ1) is 13.1. The fourth-order valence-electron chi connectivity index (χ4n) is 3.25. The number of ether oxygens (including phenoxy) is 1. The number of unbranched alkanes of at least 4 members (excludes halogenated alkanes) is 1. The maximum Gasteiger partial charge on any atom is 0.326 e. The molecule has 1 fully saturated rings. The molecule has 0 spiro atoms. The maximum absolute atomic E-state index is 12.5. The van der Waals surface area contributed by atoms with Gasteiger partial charge in [-0.05, 0) is 56.9 Å². The van der Waals surface area contributed by atoms with Crippen LogP contribution in [0.15, 0.2) is 12.1 Å². The van der Waals surface area contributed by atoms with E-state index in [4.69, 9.17) is 4.74 Å². The van der Waals surface area contributed by atoms with Gasteiger partial charge in [-0.2, -0.15) is 0 Å². The summed E-state index contributed by atoms with van der Waals surface area (Å²) in [6, 6.07) is 3.07. The molecule has 1 atom stereocenters. The minimum Gasteiger partial charge on any atom is -0.456 e. The number of imide groups is 1. The number of esters is 1. The van der Waals surface area contributed by atoms with E-state index in [1.54, 1.807) is 13.0 Å². The molecule has 0 bridgehead atoms. The first-order valence-corrected chi connectivity index (χ1v) is 9.50. The van der Waals surface area contributed by atoms with E-state index in [0.717, 1.165) is 34.4 Å². The second-order valence-corrected chi connectivity index (χ2v) is 7.59. The van der Waals surface area contributed by atoms with Crippen molar-refractivity contribution in [2.45, 2.75) is 59.4 Å². The number of ketones is 1. The maximum atomic E-state index is 12.5. The lowest BCUT2D eigenvalue weighted by atomic mass is 9.95. The third-order valence-electron chi connectivity index (χ3n) is 5.17. The minimum absolute atomic E-state index is 0.320. The molecule has 0 saturated carbocycles. The van der Waals surface area contributed by atoms with Gasteiger partial charge in [-0.15, -0.1) is 0 Å². The first kappa shape index (κ1) is 21.6. The van der Waals surface area contributed by atoms with Crippen LogP contribution in [0.1, 0.15) is 60.2 Å². The van der Waals surface area contributed by atoms with Crippen LogP contribution < -0.4 is 5.32 Å². The van der Waals surface area contributed by atoms with E-state index in [9.17, 15) is 19.2 Å². The van der Waals surface area contributed by atoms with Gasteiger partial charge in [-0.1, -0.05) is 25.8 Å². The number of urea groups is 1. The highest BCUT2D eigenvalue weighted by Gasteiger charge is 2.47. The third-order valence-corrected chi connectivity index (χ3v) is 5.17. The van der Waals surface area contributed by atoms with Crippen molar-refractivity contribution in [3.05, 3.63) is 34.4 Å². The molecular formula is C21H28N2O5. The largest absolute Gasteiger partial charge is 0.456 e. The van der Waals surface area contributed by atoms with E-state index in [2.05, 4.69) is 5.32 Å². The van der Waals surface area contributed by atoms with Gasteiger partial charge in [0.25, 0.3) is 5.91 Å².